The Bertz CT molecular complexity index is 2530. The van der Waals surface area contributed by atoms with Crippen molar-refractivity contribution in [3.63, 3.8) is 0 Å². The van der Waals surface area contributed by atoms with E-state index >= 15 is 0 Å². The van der Waals surface area contributed by atoms with E-state index in [-0.39, 0.29) is 19.1 Å². The zero-order chi connectivity index (χ0) is 53.0. The molecule has 0 aromatic carbocycles. The van der Waals surface area contributed by atoms with Crippen molar-refractivity contribution in [2.45, 2.75) is 97.4 Å². The van der Waals surface area contributed by atoms with Crippen molar-refractivity contribution < 1.29 is 9.85 Å². The average molecular weight is 1070 g/mol. The van der Waals surface area contributed by atoms with Gasteiger partial charge in [-0.2, -0.15) is 0 Å². The van der Waals surface area contributed by atoms with Crippen molar-refractivity contribution in [2.75, 3.05) is 0 Å². The van der Waals surface area contributed by atoms with E-state index in [0.29, 0.717) is 27.0 Å². The van der Waals surface area contributed by atoms with Crippen LogP contribution in [0.25, 0.3) is 0 Å². The Labute approximate surface area is 439 Å². The fourth-order valence-electron chi connectivity index (χ4n) is 4.61. The largest absolute Gasteiger partial charge is 0.366 e. The van der Waals surface area contributed by atoms with Crippen LogP contribution >= 0.6 is 39.1 Å². The number of hydrogen-bond acceptors (Lipinski definition) is 12. The third-order valence-corrected chi connectivity index (χ3v) is 9.58. The Hall–Kier alpha value is -6.94. The molecule has 378 valence electrons. The molecule has 0 aliphatic carbocycles. The first kappa shape index (κ1) is 66.1. The smallest absolute Gasteiger partial charge is 0.358 e. The molecule has 0 bridgehead atoms. The summed E-state index contributed by atoms with van der Waals surface area (Å²) < 4.78 is 0.931. The van der Waals surface area contributed by atoms with Crippen LogP contribution in [-0.4, -0.2) is 49.7 Å². The van der Waals surface area contributed by atoms with E-state index in [2.05, 4.69) is 67.9 Å². The van der Waals surface area contributed by atoms with Gasteiger partial charge in [-0.3, -0.25) is 19.9 Å². The van der Waals surface area contributed by atoms with Crippen LogP contribution in [0.2, 0.25) is 10.2 Å². The highest BCUT2D eigenvalue weighted by Crippen LogP contribution is 2.14. The SMILES string of the molecule is C.CC.Cc1ccc(C)c([N+](=O)[O-])n1.Cc1ccc(C)nc1.Cc1cccnc1.Cc1cccnc1Br.Cc1cccnc1Cl.Cc1cccnc1[N+](=O)[O-].Cc1cncc(C)c1.Cc1cncc(Cl)c1. The predicted molar refractivity (Wildman–Crippen MR) is 295 cm³/mol. The highest BCUT2D eigenvalue weighted by molar-refractivity contribution is 9.10. The zero-order valence-corrected chi connectivity index (χ0v) is 45.2. The first-order chi connectivity index (χ1) is 33.2. The minimum absolute atomic E-state index is 0. The van der Waals surface area contributed by atoms with Gasteiger partial charge in [0, 0.05) is 79.5 Å². The highest BCUT2D eigenvalue weighted by atomic mass is 79.9. The first-order valence-corrected chi connectivity index (χ1v) is 23.2. The van der Waals surface area contributed by atoms with E-state index in [1.807, 2.05) is 143 Å². The number of aryl methyl sites for hydroxylation is 11. The maximum Gasteiger partial charge on any atom is 0.366 e. The number of rotatable bonds is 2. The van der Waals surface area contributed by atoms with Crippen LogP contribution in [0.3, 0.4) is 0 Å². The second-order valence-corrected chi connectivity index (χ2v) is 16.2. The summed E-state index contributed by atoms with van der Waals surface area (Å²) >= 11 is 14.5. The number of hydrogen-bond donors (Lipinski definition) is 0. The van der Waals surface area contributed by atoms with Gasteiger partial charge in [-0.05, 0) is 199 Å². The molecule has 17 heteroatoms. The molecule has 0 aliphatic heterocycles. The Kier molecular flexibility index (Phi) is 36.2. The molecule has 0 aliphatic rings. The topological polar surface area (TPSA) is 189 Å². The highest BCUT2D eigenvalue weighted by Gasteiger charge is 2.11. The van der Waals surface area contributed by atoms with Crippen LogP contribution in [0.4, 0.5) is 11.6 Å². The molecule has 0 radical (unpaired) electrons. The maximum atomic E-state index is 10.3. The van der Waals surface area contributed by atoms with Gasteiger partial charge in [0.25, 0.3) is 0 Å². The molecule has 0 unspecified atom stereocenters. The lowest BCUT2D eigenvalue weighted by atomic mass is 10.2. The minimum Gasteiger partial charge on any atom is -0.358 e. The molecule has 8 aromatic rings. The van der Waals surface area contributed by atoms with Crippen molar-refractivity contribution in [3.05, 3.63) is 243 Å². The van der Waals surface area contributed by atoms with Gasteiger partial charge in [-0.25, -0.2) is 9.97 Å². The Balaban J connectivity index is 0. The number of aromatic nitrogens is 8. The van der Waals surface area contributed by atoms with E-state index in [4.69, 9.17) is 23.2 Å². The Morgan fingerprint density at radius 3 is 1.23 bits per heavy atom. The predicted octanol–water partition coefficient (Wildman–Crippen LogP) is 15.6. The Morgan fingerprint density at radius 1 is 0.451 bits per heavy atom. The Morgan fingerprint density at radius 2 is 0.915 bits per heavy atom. The lowest BCUT2D eigenvalue weighted by molar-refractivity contribution is -0.390. The lowest BCUT2D eigenvalue weighted by Gasteiger charge is -1.95. The molecule has 0 amide bonds. The van der Waals surface area contributed by atoms with Gasteiger partial charge in [0.1, 0.15) is 21.6 Å². The molecule has 0 N–H and O–H groups in total. The van der Waals surface area contributed by atoms with Crippen LogP contribution in [-0.2, 0) is 0 Å². The van der Waals surface area contributed by atoms with Gasteiger partial charge < -0.3 is 20.2 Å². The van der Waals surface area contributed by atoms with Crippen LogP contribution in [0, 0.1) is 96.4 Å². The third kappa shape index (κ3) is 32.5. The second-order valence-electron chi connectivity index (χ2n) is 14.7. The molecule has 0 atom stereocenters. The summed E-state index contributed by atoms with van der Waals surface area (Å²) in [6.07, 6.45) is 17.4. The molecule has 0 spiro atoms. The zero-order valence-electron chi connectivity index (χ0n) is 42.1. The lowest BCUT2D eigenvalue weighted by Crippen LogP contribution is -1.96. The summed E-state index contributed by atoms with van der Waals surface area (Å²) in [5.74, 6) is -0.118. The number of halogens is 3. The minimum atomic E-state index is -0.491. The molecule has 8 rings (SSSR count). The van der Waals surface area contributed by atoms with E-state index in [1.165, 1.54) is 34.0 Å². The standard InChI is InChI=1S/C7H8N2O2.2C7H9N.C6H6BrN.2C6H6ClN.C6H6N2O2.C6H7N.C2H6.CH4/c1-5-3-4-6(2)8-7(5)9(10)11;1-6-3-7(2)5-8-4-6;1-6-3-4-7(2)8-5-6;1-5-3-2-4-8-6(5)7;1-5-2-6(7)4-8-3-5;1-5-3-2-4-8-6(5)7;1-5-3-2-4-7-6(5)8(9)10;1-6-3-2-4-7-5-6;1-2;/h3-4H,1-2H3;2*3-5H,1-2H3;3*2-4H,1H3;2-4H,1H3;2-5H,1H3;1-2H3;1H4. The molecule has 14 nitrogen and oxygen atoms in total. The molecule has 8 heterocycles. The summed E-state index contributed by atoms with van der Waals surface area (Å²) in [6, 6.07) is 26.5. The van der Waals surface area contributed by atoms with Crippen molar-refractivity contribution in [1.82, 2.24) is 39.9 Å². The van der Waals surface area contributed by atoms with E-state index < -0.39 is 9.85 Å². The molecule has 0 saturated heterocycles. The van der Waals surface area contributed by atoms with Crippen molar-refractivity contribution in [2.24, 2.45) is 0 Å². The van der Waals surface area contributed by atoms with E-state index in [1.54, 1.807) is 76.0 Å². The van der Waals surface area contributed by atoms with Gasteiger partial charge in [0.15, 0.2) is 0 Å². The molecule has 0 saturated carbocycles. The number of nitrogens with zero attached hydrogens (tertiary/aromatic N) is 10. The molecular weight excluding hydrogens is 1000 g/mol. The summed E-state index contributed by atoms with van der Waals surface area (Å²) in [5.41, 5.74) is 11.1. The molecule has 71 heavy (non-hydrogen) atoms. The quantitative estimate of drug-likeness (QED) is 0.0906. The van der Waals surface area contributed by atoms with E-state index in [0.717, 1.165) is 21.4 Å². The van der Waals surface area contributed by atoms with Gasteiger partial charge in [-0.15, -0.1) is 0 Å². The van der Waals surface area contributed by atoms with E-state index in [9.17, 15) is 20.2 Å². The first-order valence-electron chi connectivity index (χ1n) is 21.7. The van der Waals surface area contributed by atoms with Crippen LogP contribution in [0.5, 0.6) is 0 Å². The van der Waals surface area contributed by atoms with Crippen LogP contribution < -0.4 is 0 Å². The van der Waals surface area contributed by atoms with Crippen LogP contribution in [0.15, 0.2) is 152 Å². The maximum absolute atomic E-state index is 10.3. The second kappa shape index (κ2) is 38.9. The third-order valence-electron chi connectivity index (χ3n) is 8.15. The summed E-state index contributed by atoms with van der Waals surface area (Å²) in [5, 5.41) is 21.8. The molecule has 8 aromatic heterocycles. The fraction of sp³-hybridized carbons (Fsp3) is 0.259. The van der Waals surface area contributed by atoms with Crippen molar-refractivity contribution in [1.29, 1.82) is 0 Å². The van der Waals surface area contributed by atoms with Crippen molar-refractivity contribution >= 4 is 50.8 Å². The fourth-order valence-corrected chi connectivity index (χ4v) is 5.21. The molecule has 0 fully saturated rings. The monoisotopic (exact) mass is 1070 g/mol. The summed E-state index contributed by atoms with van der Waals surface area (Å²) in [7, 11) is 0. The normalized spacial score (nSPS) is 8.96. The van der Waals surface area contributed by atoms with Crippen molar-refractivity contribution in [3.8, 4) is 0 Å². The average Bonchev–Trinajstić information content (AvgIpc) is 3.32. The van der Waals surface area contributed by atoms with Gasteiger partial charge in [0.05, 0.1) is 5.02 Å². The van der Waals surface area contributed by atoms with Gasteiger partial charge in [0.2, 0.25) is 0 Å². The van der Waals surface area contributed by atoms with Gasteiger partial charge >= 0.3 is 11.6 Å². The summed E-state index contributed by atoms with van der Waals surface area (Å²) in [6.45, 7) is 25.1. The number of pyridine rings is 8. The molecular formula is C54H67BrCl2N10O4. The number of nitro groups is 2. The van der Waals surface area contributed by atoms with Crippen LogP contribution in [0.1, 0.15) is 82.7 Å². The summed E-state index contributed by atoms with van der Waals surface area (Å²) in [4.78, 5) is 50.5. The van der Waals surface area contributed by atoms with Gasteiger partial charge in [-0.1, -0.05) is 74.8 Å².